The van der Waals surface area contributed by atoms with Gasteiger partial charge in [-0.05, 0) is 13.8 Å². The van der Waals surface area contributed by atoms with Crippen molar-refractivity contribution in [1.29, 1.82) is 0 Å². The van der Waals surface area contributed by atoms with Crippen LogP contribution in [-0.4, -0.2) is 65.5 Å². The second-order valence-electron chi connectivity index (χ2n) is 4.77. The third kappa shape index (κ3) is 10.5. The van der Waals surface area contributed by atoms with Crippen molar-refractivity contribution in [1.82, 2.24) is 16.0 Å². The first-order valence-corrected chi connectivity index (χ1v) is 8.30. The van der Waals surface area contributed by atoms with E-state index in [9.17, 15) is 19.2 Å². The second kappa shape index (κ2) is 11.7. The number of nitrogens with two attached hydrogens (primary N) is 1. The number of amides is 3. The van der Waals surface area contributed by atoms with E-state index >= 15 is 0 Å². The van der Waals surface area contributed by atoms with E-state index in [0.29, 0.717) is 18.1 Å². The minimum Gasteiger partial charge on any atom is -0.480 e. The molecule has 0 aromatic rings. The van der Waals surface area contributed by atoms with Gasteiger partial charge in [-0.25, -0.2) is 0 Å². The SMILES string of the molecule is C[C@@H](NC(=O)[C@@H](C)NC(=O)CCSCCNC(=O)CN)C(=O)O. The first-order valence-electron chi connectivity index (χ1n) is 7.15. The van der Waals surface area contributed by atoms with Crippen molar-refractivity contribution in [3.05, 3.63) is 0 Å². The van der Waals surface area contributed by atoms with Crippen LogP contribution in [0, 0.1) is 0 Å². The van der Waals surface area contributed by atoms with Crippen molar-refractivity contribution in [2.75, 3.05) is 24.6 Å². The Morgan fingerprint density at radius 1 is 1.04 bits per heavy atom. The van der Waals surface area contributed by atoms with Gasteiger partial charge in [0.05, 0.1) is 6.54 Å². The molecule has 0 radical (unpaired) electrons. The minimum absolute atomic E-state index is 0.0481. The minimum atomic E-state index is -1.14. The van der Waals surface area contributed by atoms with Crippen LogP contribution in [-0.2, 0) is 19.2 Å². The highest BCUT2D eigenvalue weighted by atomic mass is 32.2. The summed E-state index contributed by atoms with van der Waals surface area (Å²) in [4.78, 5) is 44.8. The largest absolute Gasteiger partial charge is 0.480 e. The summed E-state index contributed by atoms with van der Waals surface area (Å²) in [6.07, 6.45) is 0.224. The Morgan fingerprint density at radius 2 is 1.70 bits per heavy atom. The molecule has 0 bridgehead atoms. The summed E-state index contributed by atoms with van der Waals surface area (Å²) in [5.74, 6) is -1.01. The number of carboxylic acids is 1. The number of aliphatic carboxylic acids is 1. The van der Waals surface area contributed by atoms with Crippen LogP contribution in [0.3, 0.4) is 0 Å². The molecule has 0 rings (SSSR count). The fourth-order valence-corrected chi connectivity index (χ4v) is 2.16. The van der Waals surface area contributed by atoms with Crippen molar-refractivity contribution < 1.29 is 24.3 Å². The van der Waals surface area contributed by atoms with Crippen LogP contribution in [0.25, 0.3) is 0 Å². The number of carbonyl (C=O) groups is 4. The molecule has 0 aromatic heterocycles. The van der Waals surface area contributed by atoms with Crippen LogP contribution in [0.4, 0.5) is 0 Å². The highest BCUT2D eigenvalue weighted by Gasteiger charge is 2.20. The van der Waals surface area contributed by atoms with Crippen molar-refractivity contribution in [2.45, 2.75) is 32.4 Å². The van der Waals surface area contributed by atoms with E-state index in [0.717, 1.165) is 0 Å². The Kier molecular flexibility index (Phi) is 10.8. The maximum Gasteiger partial charge on any atom is 0.325 e. The number of carboxylic acid groups (broad SMARTS) is 1. The fourth-order valence-electron chi connectivity index (χ4n) is 1.38. The summed E-state index contributed by atoms with van der Waals surface area (Å²) in [6, 6.07) is -1.82. The zero-order valence-corrected chi connectivity index (χ0v) is 14.1. The van der Waals surface area contributed by atoms with Gasteiger partial charge in [0.1, 0.15) is 12.1 Å². The molecule has 0 fully saturated rings. The number of rotatable bonds is 11. The monoisotopic (exact) mass is 348 g/mol. The molecule has 2 atom stereocenters. The van der Waals surface area contributed by atoms with Crippen LogP contribution in [0.1, 0.15) is 20.3 Å². The molecule has 6 N–H and O–H groups in total. The summed E-state index contributed by atoms with van der Waals surface area (Å²) in [6.45, 7) is 3.26. The molecule has 0 unspecified atom stereocenters. The molecule has 9 nitrogen and oxygen atoms in total. The molecule has 0 aliphatic carbocycles. The smallest absolute Gasteiger partial charge is 0.325 e. The zero-order chi connectivity index (χ0) is 17.8. The summed E-state index contributed by atoms with van der Waals surface area (Å²) in [5, 5.41) is 16.1. The number of carbonyl (C=O) groups excluding carboxylic acids is 3. The molecule has 10 heteroatoms. The third-order valence-corrected chi connectivity index (χ3v) is 3.71. The van der Waals surface area contributed by atoms with Gasteiger partial charge in [0.15, 0.2) is 0 Å². The van der Waals surface area contributed by atoms with E-state index in [1.807, 2.05) is 0 Å². The number of thioether (sulfide) groups is 1. The quantitative estimate of drug-likeness (QED) is 0.279. The maximum atomic E-state index is 11.7. The zero-order valence-electron chi connectivity index (χ0n) is 13.3. The molecule has 0 heterocycles. The van der Waals surface area contributed by atoms with E-state index in [1.165, 1.54) is 25.6 Å². The number of nitrogens with one attached hydrogen (secondary N) is 3. The van der Waals surface area contributed by atoms with Crippen LogP contribution < -0.4 is 21.7 Å². The molecule has 0 saturated heterocycles. The maximum absolute atomic E-state index is 11.7. The molecular weight excluding hydrogens is 324 g/mol. The van der Waals surface area contributed by atoms with Crippen molar-refractivity contribution in [3.63, 3.8) is 0 Å². The van der Waals surface area contributed by atoms with Crippen molar-refractivity contribution in [2.24, 2.45) is 5.73 Å². The average molecular weight is 348 g/mol. The predicted octanol–water partition coefficient (Wildman–Crippen LogP) is -1.72. The van der Waals surface area contributed by atoms with Gasteiger partial charge in [0.25, 0.3) is 0 Å². The van der Waals surface area contributed by atoms with Gasteiger partial charge in [0, 0.05) is 24.5 Å². The molecule has 0 aliphatic heterocycles. The van der Waals surface area contributed by atoms with E-state index < -0.39 is 24.0 Å². The molecule has 132 valence electrons. The molecule has 23 heavy (non-hydrogen) atoms. The molecular formula is C13H24N4O5S. The molecule has 0 aromatic carbocycles. The van der Waals surface area contributed by atoms with E-state index in [2.05, 4.69) is 16.0 Å². The lowest BCUT2D eigenvalue weighted by atomic mass is 10.2. The highest BCUT2D eigenvalue weighted by molar-refractivity contribution is 7.99. The molecule has 3 amide bonds. The first-order chi connectivity index (χ1) is 10.8. The van der Waals surface area contributed by atoms with Crippen LogP contribution >= 0.6 is 11.8 Å². The second-order valence-corrected chi connectivity index (χ2v) is 6.00. The van der Waals surface area contributed by atoms with Gasteiger partial charge in [-0.3, -0.25) is 19.2 Å². The van der Waals surface area contributed by atoms with Crippen LogP contribution in [0.15, 0.2) is 0 Å². The van der Waals surface area contributed by atoms with E-state index in [1.54, 1.807) is 0 Å². The number of hydrogen-bond acceptors (Lipinski definition) is 6. The summed E-state index contributed by atoms with van der Waals surface area (Å²) >= 11 is 1.49. The van der Waals surface area contributed by atoms with Crippen molar-refractivity contribution in [3.8, 4) is 0 Å². The summed E-state index contributed by atoms with van der Waals surface area (Å²) < 4.78 is 0. The van der Waals surface area contributed by atoms with Gasteiger partial charge in [-0.1, -0.05) is 0 Å². The normalized spacial score (nSPS) is 12.8. The Morgan fingerprint density at radius 3 is 2.26 bits per heavy atom. The molecule has 0 spiro atoms. The van der Waals surface area contributed by atoms with Gasteiger partial charge in [-0.2, -0.15) is 11.8 Å². The predicted molar refractivity (Wildman–Crippen MR) is 86.9 cm³/mol. The van der Waals surface area contributed by atoms with E-state index in [-0.39, 0.29) is 24.8 Å². The third-order valence-electron chi connectivity index (χ3n) is 2.73. The van der Waals surface area contributed by atoms with Crippen LogP contribution in [0.2, 0.25) is 0 Å². The lowest BCUT2D eigenvalue weighted by Gasteiger charge is -2.16. The molecule has 0 aliphatic rings. The van der Waals surface area contributed by atoms with Crippen molar-refractivity contribution >= 4 is 35.5 Å². The summed E-state index contributed by atoms with van der Waals surface area (Å²) in [7, 11) is 0. The Balaban J connectivity index is 3.82. The highest BCUT2D eigenvalue weighted by Crippen LogP contribution is 2.01. The Hall–Kier alpha value is -1.81. The topological polar surface area (TPSA) is 151 Å². The standard InChI is InChI=1S/C13H24N4O5S/c1-8(12(20)17-9(2)13(21)22)16-10(18)3-5-23-6-4-15-11(19)7-14/h8-9H,3-7,14H2,1-2H3,(H,15,19)(H,16,18)(H,17,20)(H,21,22)/t8-,9-/m1/s1. The lowest BCUT2D eigenvalue weighted by molar-refractivity contribution is -0.141. The summed E-state index contributed by atoms with van der Waals surface area (Å²) in [5.41, 5.74) is 5.13. The van der Waals surface area contributed by atoms with Gasteiger partial charge in [-0.15, -0.1) is 0 Å². The Bertz CT molecular complexity index is 433. The van der Waals surface area contributed by atoms with Gasteiger partial charge >= 0.3 is 5.97 Å². The van der Waals surface area contributed by atoms with Gasteiger partial charge < -0.3 is 26.8 Å². The van der Waals surface area contributed by atoms with Crippen LogP contribution in [0.5, 0.6) is 0 Å². The number of hydrogen-bond donors (Lipinski definition) is 5. The average Bonchev–Trinajstić information content (AvgIpc) is 2.49. The fraction of sp³-hybridized carbons (Fsp3) is 0.692. The van der Waals surface area contributed by atoms with Gasteiger partial charge in [0.2, 0.25) is 17.7 Å². The molecule has 0 saturated carbocycles. The Labute approximate surface area is 139 Å². The lowest BCUT2D eigenvalue weighted by Crippen LogP contribution is -2.49. The van der Waals surface area contributed by atoms with E-state index in [4.69, 9.17) is 10.8 Å². The first kappa shape index (κ1) is 21.2.